The predicted octanol–water partition coefficient (Wildman–Crippen LogP) is 4.15. The second kappa shape index (κ2) is 4.40. The van der Waals surface area contributed by atoms with Gasteiger partial charge in [0.25, 0.3) is 0 Å². The highest BCUT2D eigenvalue weighted by atomic mass is 32.1. The molecule has 0 aliphatic rings. The Hall–Kier alpha value is -2.20. The lowest BCUT2D eigenvalue weighted by Gasteiger charge is -2.04. The molecular formula is C17H15N2OS+. The number of hydrogen-bond donors (Lipinski definition) is 0. The minimum atomic E-state index is 0.731. The molecule has 4 rings (SSSR count). The predicted molar refractivity (Wildman–Crippen MR) is 85.5 cm³/mol. The van der Waals surface area contributed by atoms with Gasteiger partial charge in [-0.05, 0) is 30.7 Å². The fraction of sp³-hybridized carbons (Fsp3) is 0.176. The minimum Gasteiger partial charge on any atom is -0.430 e. The van der Waals surface area contributed by atoms with Gasteiger partial charge in [-0.2, -0.15) is 0 Å². The molecule has 0 spiro atoms. The fourth-order valence-electron chi connectivity index (χ4n) is 2.78. The van der Waals surface area contributed by atoms with E-state index in [4.69, 9.17) is 4.42 Å². The molecule has 0 unspecified atom stereocenters. The molecule has 0 radical (unpaired) electrons. The van der Waals surface area contributed by atoms with Crippen LogP contribution in [0.5, 0.6) is 0 Å². The molecular weight excluding hydrogens is 280 g/mol. The average Bonchev–Trinajstić information content (AvgIpc) is 2.95. The Kier molecular flexibility index (Phi) is 2.62. The van der Waals surface area contributed by atoms with E-state index in [1.165, 1.54) is 26.9 Å². The van der Waals surface area contributed by atoms with Crippen LogP contribution in [0.3, 0.4) is 0 Å². The molecule has 0 atom stereocenters. The summed E-state index contributed by atoms with van der Waals surface area (Å²) in [5.41, 5.74) is 4.71. The van der Waals surface area contributed by atoms with Crippen LogP contribution in [0.1, 0.15) is 11.5 Å². The van der Waals surface area contributed by atoms with E-state index in [1.807, 2.05) is 13.0 Å². The van der Waals surface area contributed by atoms with Gasteiger partial charge in [-0.3, -0.25) is 0 Å². The maximum atomic E-state index is 5.66. The smallest absolute Gasteiger partial charge is 0.212 e. The zero-order chi connectivity index (χ0) is 14.6. The normalized spacial score (nSPS) is 11.6. The van der Waals surface area contributed by atoms with E-state index >= 15 is 0 Å². The van der Waals surface area contributed by atoms with Crippen molar-refractivity contribution in [1.29, 1.82) is 0 Å². The number of hydrogen-bond acceptors (Lipinski definition) is 3. The van der Waals surface area contributed by atoms with Crippen LogP contribution >= 0.6 is 11.3 Å². The van der Waals surface area contributed by atoms with Crippen LogP contribution in [0.15, 0.2) is 40.9 Å². The summed E-state index contributed by atoms with van der Waals surface area (Å²) in [6, 6.07) is 10.7. The topological polar surface area (TPSA) is 29.9 Å². The van der Waals surface area contributed by atoms with Crippen molar-refractivity contribution in [2.24, 2.45) is 7.05 Å². The molecule has 4 aromatic rings. The second-order valence-corrected chi connectivity index (χ2v) is 6.35. The number of thiophene rings is 1. The van der Waals surface area contributed by atoms with E-state index in [-0.39, 0.29) is 0 Å². The van der Waals surface area contributed by atoms with Crippen LogP contribution in [0.25, 0.3) is 31.8 Å². The number of benzene rings is 1. The molecule has 3 heterocycles. The largest absolute Gasteiger partial charge is 0.430 e. The van der Waals surface area contributed by atoms with Gasteiger partial charge in [-0.15, -0.1) is 0 Å². The van der Waals surface area contributed by atoms with Gasteiger partial charge >= 0.3 is 0 Å². The third-order valence-electron chi connectivity index (χ3n) is 3.82. The monoisotopic (exact) mass is 295 g/mol. The van der Waals surface area contributed by atoms with Gasteiger partial charge in [0.15, 0.2) is 12.1 Å². The molecule has 4 heteroatoms. The highest BCUT2D eigenvalue weighted by Gasteiger charge is 2.17. The molecule has 0 aliphatic carbocycles. The minimum absolute atomic E-state index is 0.731. The van der Waals surface area contributed by atoms with Crippen LogP contribution < -0.4 is 4.57 Å². The van der Waals surface area contributed by atoms with Crippen LogP contribution in [0.2, 0.25) is 0 Å². The van der Waals surface area contributed by atoms with Gasteiger partial charge in [0.2, 0.25) is 10.6 Å². The lowest BCUT2D eigenvalue weighted by Crippen LogP contribution is -2.30. The van der Waals surface area contributed by atoms with Gasteiger partial charge in [-0.1, -0.05) is 11.3 Å². The van der Waals surface area contributed by atoms with Crippen molar-refractivity contribution in [1.82, 2.24) is 4.98 Å². The molecule has 3 nitrogen and oxygen atoms in total. The zero-order valence-electron chi connectivity index (χ0n) is 12.2. The molecule has 0 saturated carbocycles. The summed E-state index contributed by atoms with van der Waals surface area (Å²) in [5.74, 6) is 0.731. The van der Waals surface area contributed by atoms with Crippen molar-refractivity contribution in [2.45, 2.75) is 13.8 Å². The number of aromatic nitrogens is 2. The molecule has 104 valence electrons. The maximum Gasteiger partial charge on any atom is 0.212 e. The Morgan fingerprint density at radius 1 is 1.19 bits per heavy atom. The summed E-state index contributed by atoms with van der Waals surface area (Å²) in [7, 11) is 2.07. The summed E-state index contributed by atoms with van der Waals surface area (Å²) in [5, 5.41) is 1.19. The summed E-state index contributed by atoms with van der Waals surface area (Å²) < 4.78 is 9.03. The number of fused-ring (bicyclic) bond motifs is 3. The van der Waals surface area contributed by atoms with Gasteiger partial charge in [0.1, 0.15) is 12.6 Å². The molecule has 0 fully saturated rings. The molecule has 1 aromatic carbocycles. The maximum absolute atomic E-state index is 5.66. The first-order valence-corrected chi connectivity index (χ1v) is 7.70. The van der Waals surface area contributed by atoms with Crippen LogP contribution in [-0.2, 0) is 7.05 Å². The highest BCUT2D eigenvalue weighted by Crippen LogP contribution is 2.37. The molecule has 0 amide bonds. The number of pyridine rings is 1. The molecule has 0 saturated heterocycles. The SMILES string of the molecule is Cc1nc2c(o1)sc1cc(-c3cccc[n+]3C)c(C)cc12. The van der Waals surface area contributed by atoms with E-state index in [0.29, 0.717) is 0 Å². The van der Waals surface area contributed by atoms with E-state index in [1.54, 1.807) is 11.3 Å². The summed E-state index contributed by atoms with van der Waals surface area (Å²) >= 11 is 1.67. The average molecular weight is 295 g/mol. The van der Waals surface area contributed by atoms with Crippen molar-refractivity contribution in [3.05, 3.63) is 48.0 Å². The fourth-order valence-corrected chi connectivity index (χ4v) is 3.84. The lowest BCUT2D eigenvalue weighted by molar-refractivity contribution is -0.660. The summed E-state index contributed by atoms with van der Waals surface area (Å²) in [4.78, 5) is 5.41. The van der Waals surface area contributed by atoms with Crippen LogP contribution in [0.4, 0.5) is 0 Å². The van der Waals surface area contributed by atoms with Gasteiger partial charge < -0.3 is 4.42 Å². The van der Waals surface area contributed by atoms with Gasteiger partial charge in [0, 0.05) is 29.1 Å². The Balaban J connectivity index is 2.03. The quantitative estimate of drug-likeness (QED) is 0.494. The molecule has 0 N–H and O–H groups in total. The second-order valence-electron chi connectivity index (χ2n) is 5.33. The number of nitrogens with zero attached hydrogens (tertiary/aromatic N) is 2. The van der Waals surface area contributed by atoms with E-state index in [2.05, 4.69) is 54.0 Å². The van der Waals surface area contributed by atoms with Crippen molar-refractivity contribution in [2.75, 3.05) is 0 Å². The van der Waals surface area contributed by atoms with E-state index in [0.717, 1.165) is 16.3 Å². The lowest BCUT2D eigenvalue weighted by atomic mass is 10.0. The number of oxazole rings is 1. The Bertz CT molecular complexity index is 981. The third kappa shape index (κ3) is 1.87. The number of rotatable bonds is 1. The molecule has 21 heavy (non-hydrogen) atoms. The highest BCUT2D eigenvalue weighted by molar-refractivity contribution is 7.25. The third-order valence-corrected chi connectivity index (χ3v) is 4.84. The van der Waals surface area contributed by atoms with Crippen molar-refractivity contribution in [3.8, 4) is 11.3 Å². The Morgan fingerprint density at radius 2 is 2.05 bits per heavy atom. The molecule has 0 aliphatic heterocycles. The van der Waals surface area contributed by atoms with E-state index in [9.17, 15) is 0 Å². The van der Waals surface area contributed by atoms with Gasteiger partial charge in [0.05, 0.1) is 5.56 Å². The van der Waals surface area contributed by atoms with Crippen molar-refractivity contribution >= 4 is 31.8 Å². The van der Waals surface area contributed by atoms with Crippen molar-refractivity contribution in [3.63, 3.8) is 0 Å². The number of aryl methyl sites for hydroxylation is 3. The first kappa shape index (κ1) is 12.5. The first-order chi connectivity index (χ1) is 10.1. The van der Waals surface area contributed by atoms with E-state index < -0.39 is 0 Å². The Morgan fingerprint density at radius 3 is 2.86 bits per heavy atom. The van der Waals surface area contributed by atoms with Crippen molar-refractivity contribution < 1.29 is 8.98 Å². The first-order valence-electron chi connectivity index (χ1n) is 6.89. The van der Waals surface area contributed by atoms with Gasteiger partial charge in [-0.25, -0.2) is 9.55 Å². The summed E-state index contributed by atoms with van der Waals surface area (Å²) in [6.07, 6.45) is 2.07. The molecule has 3 aromatic heterocycles. The summed E-state index contributed by atoms with van der Waals surface area (Å²) in [6.45, 7) is 4.04. The zero-order valence-corrected chi connectivity index (χ0v) is 13.0. The van der Waals surface area contributed by atoms with Crippen LogP contribution in [0, 0.1) is 13.8 Å². The standard InChI is InChI=1S/C17H15N2OS/c1-10-8-13-15(21-17-16(13)18-11(2)20-17)9-12(10)14-6-4-5-7-19(14)3/h4-9H,1-3H3/q+1. The molecule has 0 bridgehead atoms. The Labute approximate surface area is 126 Å². The van der Waals surface area contributed by atoms with Crippen LogP contribution in [-0.4, -0.2) is 4.98 Å².